The molecular formula is C15H24N4O2. The second-order valence-electron chi connectivity index (χ2n) is 5.69. The van der Waals surface area contributed by atoms with Gasteiger partial charge in [0.05, 0.1) is 12.6 Å². The number of hydrogen-bond acceptors (Lipinski definition) is 5. The molecule has 1 aliphatic rings. The maximum absolute atomic E-state index is 12.4. The van der Waals surface area contributed by atoms with E-state index in [2.05, 4.69) is 20.5 Å². The SMILES string of the molecule is COc1ccc(CNC(=O)C(C)(C)N2CCNCC2)cn1. The van der Waals surface area contributed by atoms with Crippen LogP contribution in [0, 0.1) is 0 Å². The highest BCUT2D eigenvalue weighted by atomic mass is 16.5. The lowest BCUT2D eigenvalue weighted by atomic mass is 10.0. The number of rotatable bonds is 5. The van der Waals surface area contributed by atoms with Crippen LogP contribution < -0.4 is 15.4 Å². The molecule has 1 aliphatic heterocycles. The van der Waals surface area contributed by atoms with Crippen LogP contribution in [0.25, 0.3) is 0 Å². The summed E-state index contributed by atoms with van der Waals surface area (Å²) in [6.45, 7) is 8.07. The van der Waals surface area contributed by atoms with Gasteiger partial charge in [-0.1, -0.05) is 6.07 Å². The Morgan fingerprint density at radius 3 is 2.71 bits per heavy atom. The molecule has 0 radical (unpaired) electrons. The Morgan fingerprint density at radius 1 is 1.43 bits per heavy atom. The maximum Gasteiger partial charge on any atom is 0.240 e. The second kappa shape index (κ2) is 6.87. The molecule has 0 aliphatic carbocycles. The summed E-state index contributed by atoms with van der Waals surface area (Å²) in [6, 6.07) is 3.70. The highest BCUT2D eigenvalue weighted by molar-refractivity contribution is 5.85. The Balaban J connectivity index is 1.90. The van der Waals surface area contributed by atoms with Crippen molar-refractivity contribution in [3.05, 3.63) is 23.9 Å². The molecule has 0 bridgehead atoms. The van der Waals surface area contributed by atoms with E-state index in [9.17, 15) is 4.79 Å². The summed E-state index contributed by atoms with van der Waals surface area (Å²) in [5.41, 5.74) is 0.461. The minimum atomic E-state index is -0.498. The normalized spacial score (nSPS) is 16.5. The minimum absolute atomic E-state index is 0.0419. The van der Waals surface area contributed by atoms with Crippen molar-refractivity contribution in [3.8, 4) is 5.88 Å². The van der Waals surface area contributed by atoms with Crippen LogP contribution in [0.3, 0.4) is 0 Å². The summed E-state index contributed by atoms with van der Waals surface area (Å²) in [7, 11) is 1.58. The van der Waals surface area contributed by atoms with Gasteiger partial charge in [-0.2, -0.15) is 0 Å². The number of carbonyl (C=O) groups is 1. The molecule has 6 heteroatoms. The fourth-order valence-corrected chi connectivity index (χ4v) is 2.40. The van der Waals surface area contributed by atoms with Gasteiger partial charge in [0.1, 0.15) is 0 Å². The topological polar surface area (TPSA) is 66.5 Å². The molecule has 0 atom stereocenters. The van der Waals surface area contributed by atoms with Gasteiger partial charge in [-0.15, -0.1) is 0 Å². The third-order valence-corrected chi connectivity index (χ3v) is 3.92. The van der Waals surface area contributed by atoms with Gasteiger partial charge in [-0.05, 0) is 19.4 Å². The number of ether oxygens (including phenoxy) is 1. The van der Waals surface area contributed by atoms with E-state index in [-0.39, 0.29) is 5.91 Å². The molecule has 2 heterocycles. The minimum Gasteiger partial charge on any atom is -0.481 e. The Hall–Kier alpha value is -1.66. The number of hydrogen-bond donors (Lipinski definition) is 2. The van der Waals surface area contributed by atoms with E-state index in [0.29, 0.717) is 12.4 Å². The first-order valence-electron chi connectivity index (χ1n) is 7.27. The Morgan fingerprint density at radius 2 is 2.14 bits per heavy atom. The molecule has 2 rings (SSSR count). The van der Waals surface area contributed by atoms with Gasteiger partial charge in [0.25, 0.3) is 0 Å². The lowest BCUT2D eigenvalue weighted by Gasteiger charge is -2.39. The number of nitrogens with zero attached hydrogens (tertiary/aromatic N) is 2. The van der Waals surface area contributed by atoms with Crippen molar-refractivity contribution in [3.63, 3.8) is 0 Å². The highest BCUT2D eigenvalue weighted by Crippen LogP contribution is 2.15. The van der Waals surface area contributed by atoms with Crippen LogP contribution in [-0.4, -0.2) is 54.6 Å². The van der Waals surface area contributed by atoms with Gasteiger partial charge in [-0.25, -0.2) is 4.98 Å². The number of methoxy groups -OCH3 is 1. The number of aromatic nitrogens is 1. The van der Waals surface area contributed by atoms with Crippen LogP contribution in [0.2, 0.25) is 0 Å². The average Bonchev–Trinajstić information content (AvgIpc) is 2.53. The molecule has 0 saturated carbocycles. The van der Waals surface area contributed by atoms with Gasteiger partial charge in [0, 0.05) is 45.0 Å². The predicted octanol–water partition coefficient (Wildman–Crippen LogP) is 0.390. The van der Waals surface area contributed by atoms with E-state index in [1.165, 1.54) is 0 Å². The fourth-order valence-electron chi connectivity index (χ4n) is 2.40. The molecule has 1 aromatic rings. The van der Waals surface area contributed by atoms with Gasteiger partial charge in [0.2, 0.25) is 11.8 Å². The van der Waals surface area contributed by atoms with Crippen molar-refractivity contribution < 1.29 is 9.53 Å². The molecule has 116 valence electrons. The third-order valence-electron chi connectivity index (χ3n) is 3.92. The molecule has 1 amide bonds. The first-order chi connectivity index (χ1) is 10.0. The number of carbonyl (C=O) groups excluding carboxylic acids is 1. The molecule has 1 fully saturated rings. The lowest BCUT2D eigenvalue weighted by molar-refractivity contribution is -0.132. The van der Waals surface area contributed by atoms with Crippen molar-refractivity contribution in [2.75, 3.05) is 33.3 Å². The molecule has 0 aromatic carbocycles. The van der Waals surface area contributed by atoms with E-state index in [4.69, 9.17) is 4.74 Å². The predicted molar refractivity (Wildman–Crippen MR) is 81.2 cm³/mol. The van der Waals surface area contributed by atoms with Crippen LogP contribution in [0.15, 0.2) is 18.3 Å². The first-order valence-corrected chi connectivity index (χ1v) is 7.27. The van der Waals surface area contributed by atoms with Gasteiger partial charge in [0.15, 0.2) is 0 Å². The fraction of sp³-hybridized carbons (Fsp3) is 0.600. The monoisotopic (exact) mass is 292 g/mol. The molecule has 2 N–H and O–H groups in total. The zero-order valence-electron chi connectivity index (χ0n) is 13.0. The Kier molecular flexibility index (Phi) is 5.14. The smallest absolute Gasteiger partial charge is 0.240 e. The van der Waals surface area contributed by atoms with Crippen molar-refractivity contribution >= 4 is 5.91 Å². The molecule has 1 aromatic heterocycles. The molecule has 0 unspecified atom stereocenters. The summed E-state index contributed by atoms with van der Waals surface area (Å²) in [5, 5.41) is 6.29. The van der Waals surface area contributed by atoms with E-state index < -0.39 is 5.54 Å². The zero-order chi connectivity index (χ0) is 15.3. The molecule has 21 heavy (non-hydrogen) atoms. The number of pyridine rings is 1. The number of amides is 1. The summed E-state index contributed by atoms with van der Waals surface area (Å²) in [4.78, 5) is 18.8. The Labute approximate surface area is 125 Å². The second-order valence-corrected chi connectivity index (χ2v) is 5.69. The van der Waals surface area contributed by atoms with Crippen LogP contribution in [0.1, 0.15) is 19.4 Å². The maximum atomic E-state index is 12.4. The van der Waals surface area contributed by atoms with Gasteiger partial charge < -0.3 is 15.4 Å². The van der Waals surface area contributed by atoms with Crippen LogP contribution in [0.4, 0.5) is 0 Å². The molecule has 1 saturated heterocycles. The number of piperazine rings is 1. The third kappa shape index (κ3) is 3.92. The van der Waals surface area contributed by atoms with Crippen LogP contribution in [-0.2, 0) is 11.3 Å². The van der Waals surface area contributed by atoms with E-state index in [1.807, 2.05) is 19.9 Å². The van der Waals surface area contributed by atoms with Crippen molar-refractivity contribution in [2.45, 2.75) is 25.9 Å². The van der Waals surface area contributed by atoms with Crippen LogP contribution >= 0.6 is 0 Å². The van der Waals surface area contributed by atoms with Gasteiger partial charge in [-0.3, -0.25) is 9.69 Å². The summed E-state index contributed by atoms with van der Waals surface area (Å²) in [5.74, 6) is 0.617. The largest absolute Gasteiger partial charge is 0.481 e. The molecule has 0 spiro atoms. The van der Waals surface area contributed by atoms with E-state index in [1.54, 1.807) is 19.4 Å². The quantitative estimate of drug-likeness (QED) is 0.822. The van der Waals surface area contributed by atoms with E-state index in [0.717, 1.165) is 31.7 Å². The summed E-state index contributed by atoms with van der Waals surface area (Å²) < 4.78 is 5.02. The zero-order valence-corrected chi connectivity index (χ0v) is 13.0. The summed E-state index contributed by atoms with van der Waals surface area (Å²) in [6.07, 6.45) is 1.72. The van der Waals surface area contributed by atoms with Crippen molar-refractivity contribution in [1.82, 2.24) is 20.5 Å². The first kappa shape index (κ1) is 15.7. The Bertz CT molecular complexity index is 467. The highest BCUT2D eigenvalue weighted by Gasteiger charge is 2.34. The lowest BCUT2D eigenvalue weighted by Crippen LogP contribution is -2.59. The van der Waals surface area contributed by atoms with Crippen LogP contribution in [0.5, 0.6) is 5.88 Å². The van der Waals surface area contributed by atoms with E-state index >= 15 is 0 Å². The standard InChI is InChI=1S/C15H24N4O2/c1-15(2,19-8-6-16-7-9-19)14(20)18-11-12-4-5-13(21-3)17-10-12/h4-5,10,16H,6-9,11H2,1-3H3,(H,18,20). The van der Waals surface area contributed by atoms with Crippen molar-refractivity contribution in [1.29, 1.82) is 0 Å². The summed E-state index contributed by atoms with van der Waals surface area (Å²) >= 11 is 0. The number of nitrogens with one attached hydrogen (secondary N) is 2. The van der Waals surface area contributed by atoms with Crippen molar-refractivity contribution in [2.24, 2.45) is 0 Å². The molecular weight excluding hydrogens is 268 g/mol. The average molecular weight is 292 g/mol. The molecule has 6 nitrogen and oxygen atoms in total. The van der Waals surface area contributed by atoms with Gasteiger partial charge >= 0.3 is 0 Å².